The van der Waals surface area contributed by atoms with Gasteiger partial charge in [0.15, 0.2) is 0 Å². The van der Waals surface area contributed by atoms with Gasteiger partial charge in [0.2, 0.25) is 0 Å². The van der Waals surface area contributed by atoms with Crippen LogP contribution in [0.5, 0.6) is 0 Å². The van der Waals surface area contributed by atoms with Gasteiger partial charge in [-0.15, -0.1) is 0 Å². The standard InChI is InChI=1S/C7H11N/c1-3-7(4-2)5-6-8/h3,5-6,8H,1,4H2,2H3/b7-5+,8-6?. The molecule has 0 aliphatic heterocycles. The Labute approximate surface area is 50.2 Å². The Morgan fingerprint density at radius 3 is 2.50 bits per heavy atom. The quantitative estimate of drug-likeness (QED) is 0.424. The Bertz CT molecular complexity index is 112. The molecule has 0 saturated heterocycles. The molecule has 0 aromatic carbocycles. The fraction of sp³-hybridized carbons (Fsp3) is 0.286. The van der Waals surface area contributed by atoms with Crippen molar-refractivity contribution in [2.24, 2.45) is 0 Å². The maximum atomic E-state index is 6.69. The van der Waals surface area contributed by atoms with Gasteiger partial charge >= 0.3 is 0 Å². The van der Waals surface area contributed by atoms with E-state index in [1.807, 2.05) is 6.92 Å². The molecule has 0 bridgehead atoms. The van der Waals surface area contributed by atoms with Crippen LogP contribution in [0, 0.1) is 5.41 Å². The van der Waals surface area contributed by atoms with Crippen molar-refractivity contribution in [3.05, 3.63) is 24.3 Å². The predicted molar refractivity (Wildman–Crippen MR) is 37.4 cm³/mol. The van der Waals surface area contributed by atoms with E-state index >= 15 is 0 Å². The monoisotopic (exact) mass is 109 g/mol. The number of hydrogen-bond acceptors (Lipinski definition) is 1. The molecule has 0 aliphatic rings. The first-order chi connectivity index (χ1) is 3.85. The van der Waals surface area contributed by atoms with Gasteiger partial charge in [-0.05, 0) is 18.1 Å². The minimum Gasteiger partial charge on any atom is -0.309 e. The van der Waals surface area contributed by atoms with Gasteiger partial charge in [-0.25, -0.2) is 0 Å². The molecule has 0 heterocycles. The summed E-state index contributed by atoms with van der Waals surface area (Å²) in [5.41, 5.74) is 1.11. The van der Waals surface area contributed by atoms with E-state index in [2.05, 4.69) is 6.58 Å². The molecule has 0 amide bonds. The van der Waals surface area contributed by atoms with Crippen LogP contribution in [-0.2, 0) is 0 Å². The summed E-state index contributed by atoms with van der Waals surface area (Å²) in [5, 5.41) is 6.69. The number of rotatable bonds is 3. The third-order valence-corrected chi connectivity index (χ3v) is 0.968. The molecule has 0 unspecified atom stereocenters. The lowest BCUT2D eigenvalue weighted by molar-refractivity contribution is 1.15. The molecular formula is C7H11N. The summed E-state index contributed by atoms with van der Waals surface area (Å²) in [6, 6.07) is 0. The zero-order chi connectivity index (χ0) is 6.41. The lowest BCUT2D eigenvalue weighted by Crippen LogP contribution is -1.72. The van der Waals surface area contributed by atoms with Gasteiger partial charge in [-0.1, -0.05) is 19.6 Å². The van der Waals surface area contributed by atoms with Crippen LogP contribution in [0.2, 0.25) is 0 Å². The highest BCUT2D eigenvalue weighted by Crippen LogP contribution is 1.97. The SMILES string of the molecule is C=C/C(=C\C=N)CC. The lowest BCUT2D eigenvalue weighted by atomic mass is 10.2. The molecule has 0 radical (unpaired) electrons. The second-order valence-corrected chi connectivity index (χ2v) is 1.47. The maximum absolute atomic E-state index is 6.69. The normalized spacial score (nSPS) is 10.9. The lowest BCUT2D eigenvalue weighted by Gasteiger charge is -1.88. The zero-order valence-corrected chi connectivity index (χ0v) is 5.15. The van der Waals surface area contributed by atoms with Crippen molar-refractivity contribution in [1.82, 2.24) is 0 Å². The van der Waals surface area contributed by atoms with E-state index in [9.17, 15) is 0 Å². The zero-order valence-electron chi connectivity index (χ0n) is 5.15. The summed E-state index contributed by atoms with van der Waals surface area (Å²) >= 11 is 0. The van der Waals surface area contributed by atoms with Gasteiger partial charge in [0.1, 0.15) is 0 Å². The van der Waals surface area contributed by atoms with Crippen LogP contribution in [0.3, 0.4) is 0 Å². The topological polar surface area (TPSA) is 23.9 Å². The molecule has 0 rings (SSSR count). The molecule has 0 saturated carbocycles. The Balaban J connectivity index is 3.84. The Kier molecular flexibility index (Phi) is 3.85. The van der Waals surface area contributed by atoms with Crippen LogP contribution in [0.15, 0.2) is 24.3 Å². The van der Waals surface area contributed by atoms with E-state index in [0.717, 1.165) is 12.0 Å². The van der Waals surface area contributed by atoms with Crippen molar-refractivity contribution in [3.63, 3.8) is 0 Å². The van der Waals surface area contributed by atoms with Crippen LogP contribution in [0.25, 0.3) is 0 Å². The molecule has 1 N–H and O–H groups in total. The molecule has 0 aliphatic carbocycles. The van der Waals surface area contributed by atoms with E-state index in [1.165, 1.54) is 6.21 Å². The van der Waals surface area contributed by atoms with Gasteiger partial charge in [0.25, 0.3) is 0 Å². The van der Waals surface area contributed by atoms with Crippen LogP contribution < -0.4 is 0 Å². The second kappa shape index (κ2) is 4.31. The van der Waals surface area contributed by atoms with Crippen molar-refractivity contribution in [3.8, 4) is 0 Å². The summed E-state index contributed by atoms with van der Waals surface area (Å²) < 4.78 is 0. The summed E-state index contributed by atoms with van der Waals surface area (Å²) in [4.78, 5) is 0. The molecule has 0 fully saturated rings. The van der Waals surface area contributed by atoms with E-state index < -0.39 is 0 Å². The molecule has 44 valence electrons. The minimum atomic E-state index is 0.957. The maximum Gasteiger partial charge on any atom is 0.0180 e. The third-order valence-electron chi connectivity index (χ3n) is 0.968. The molecule has 1 nitrogen and oxygen atoms in total. The minimum absolute atomic E-state index is 0.957. The van der Waals surface area contributed by atoms with Crippen LogP contribution in [0.1, 0.15) is 13.3 Å². The van der Waals surface area contributed by atoms with Crippen molar-refractivity contribution in [2.75, 3.05) is 0 Å². The average Bonchev–Trinajstić information content (AvgIpc) is 1.83. The van der Waals surface area contributed by atoms with Gasteiger partial charge < -0.3 is 5.41 Å². The first kappa shape index (κ1) is 7.15. The van der Waals surface area contributed by atoms with Gasteiger partial charge in [-0.2, -0.15) is 0 Å². The molecule has 0 aromatic heterocycles. The van der Waals surface area contributed by atoms with Crippen molar-refractivity contribution in [1.29, 1.82) is 5.41 Å². The van der Waals surface area contributed by atoms with E-state index in [1.54, 1.807) is 12.2 Å². The van der Waals surface area contributed by atoms with Gasteiger partial charge in [0.05, 0.1) is 0 Å². The Morgan fingerprint density at radius 2 is 2.38 bits per heavy atom. The van der Waals surface area contributed by atoms with Gasteiger partial charge in [-0.3, -0.25) is 0 Å². The van der Waals surface area contributed by atoms with E-state index in [0.29, 0.717) is 0 Å². The highest BCUT2D eigenvalue weighted by Gasteiger charge is 1.79. The van der Waals surface area contributed by atoms with Crippen LogP contribution in [-0.4, -0.2) is 6.21 Å². The van der Waals surface area contributed by atoms with E-state index in [-0.39, 0.29) is 0 Å². The van der Waals surface area contributed by atoms with Gasteiger partial charge in [0, 0.05) is 6.21 Å². The van der Waals surface area contributed by atoms with Crippen LogP contribution >= 0.6 is 0 Å². The second-order valence-electron chi connectivity index (χ2n) is 1.47. The van der Waals surface area contributed by atoms with Crippen molar-refractivity contribution >= 4 is 6.21 Å². The first-order valence-electron chi connectivity index (χ1n) is 2.67. The Hall–Kier alpha value is -0.850. The predicted octanol–water partition coefficient (Wildman–Crippen LogP) is 2.16. The summed E-state index contributed by atoms with van der Waals surface area (Å²) in [6.45, 7) is 5.62. The number of allylic oxidation sites excluding steroid dienone is 3. The number of hydrogen-bond donors (Lipinski definition) is 1. The molecular weight excluding hydrogens is 98.1 g/mol. The summed E-state index contributed by atoms with van der Waals surface area (Å²) in [7, 11) is 0. The highest BCUT2D eigenvalue weighted by atomic mass is 14.3. The van der Waals surface area contributed by atoms with Crippen LogP contribution in [0.4, 0.5) is 0 Å². The molecule has 8 heavy (non-hydrogen) atoms. The third kappa shape index (κ3) is 2.35. The van der Waals surface area contributed by atoms with Crippen molar-refractivity contribution in [2.45, 2.75) is 13.3 Å². The fourth-order valence-corrected chi connectivity index (χ4v) is 0.437. The summed E-state index contributed by atoms with van der Waals surface area (Å²) in [6.07, 6.45) is 5.75. The molecule has 0 atom stereocenters. The summed E-state index contributed by atoms with van der Waals surface area (Å²) in [5.74, 6) is 0. The highest BCUT2D eigenvalue weighted by molar-refractivity contribution is 5.69. The molecule has 0 aromatic rings. The Morgan fingerprint density at radius 1 is 1.75 bits per heavy atom. The molecule has 0 spiro atoms. The average molecular weight is 109 g/mol. The fourth-order valence-electron chi connectivity index (χ4n) is 0.437. The molecule has 1 heteroatoms. The first-order valence-corrected chi connectivity index (χ1v) is 2.67. The van der Waals surface area contributed by atoms with E-state index in [4.69, 9.17) is 5.41 Å². The smallest absolute Gasteiger partial charge is 0.0180 e. The van der Waals surface area contributed by atoms with Crippen molar-refractivity contribution < 1.29 is 0 Å². The largest absolute Gasteiger partial charge is 0.309 e. The number of nitrogens with one attached hydrogen (secondary N) is 1.